The Bertz CT molecular complexity index is 1180. The number of rotatable bonds is 9. The molecule has 0 aliphatic rings. The van der Waals surface area contributed by atoms with Crippen molar-refractivity contribution in [3.05, 3.63) is 59.6 Å². The summed E-state index contributed by atoms with van der Waals surface area (Å²) in [6, 6.07) is 7.09. The second kappa shape index (κ2) is 9.34. The van der Waals surface area contributed by atoms with Crippen molar-refractivity contribution in [3.63, 3.8) is 0 Å². The molecule has 0 spiro atoms. The van der Waals surface area contributed by atoms with E-state index in [1.165, 1.54) is 0 Å². The zero-order valence-electron chi connectivity index (χ0n) is 17.2. The molecule has 162 valence electrons. The third-order valence-electron chi connectivity index (χ3n) is 4.74. The average Bonchev–Trinajstić information content (AvgIpc) is 3.38. The van der Waals surface area contributed by atoms with Crippen LogP contribution in [0.1, 0.15) is 18.7 Å². The number of ether oxygens (including phenoxy) is 2. The van der Waals surface area contributed by atoms with Crippen LogP contribution >= 0.6 is 11.6 Å². The number of aliphatic hydroxyl groups excluding tert-OH is 1. The minimum Gasteiger partial charge on any atom is -0.496 e. The van der Waals surface area contributed by atoms with Crippen LogP contribution in [0, 0.1) is 0 Å². The van der Waals surface area contributed by atoms with E-state index in [1.807, 2.05) is 13.1 Å². The molecule has 0 saturated heterocycles. The van der Waals surface area contributed by atoms with Crippen molar-refractivity contribution in [1.82, 2.24) is 24.4 Å². The van der Waals surface area contributed by atoms with Crippen LogP contribution in [-0.2, 0) is 11.3 Å². The molecule has 0 fully saturated rings. The number of hydrogen-bond donors (Lipinski definition) is 2. The van der Waals surface area contributed by atoms with E-state index in [-0.39, 0.29) is 0 Å². The maximum absolute atomic E-state index is 10.9. The number of halogens is 1. The summed E-state index contributed by atoms with van der Waals surface area (Å²) in [5.74, 6) is 0.620. The van der Waals surface area contributed by atoms with Crippen molar-refractivity contribution in [2.24, 2.45) is 0 Å². The largest absolute Gasteiger partial charge is 0.496 e. The minimum atomic E-state index is -1.05. The molecule has 4 aromatic rings. The van der Waals surface area contributed by atoms with Gasteiger partial charge in [0, 0.05) is 35.8 Å². The molecule has 10 heteroatoms. The monoisotopic (exact) mass is 442 g/mol. The van der Waals surface area contributed by atoms with Crippen LogP contribution in [0.4, 0.5) is 5.69 Å². The Kier molecular flexibility index (Phi) is 6.36. The molecule has 0 amide bonds. The highest BCUT2D eigenvalue weighted by molar-refractivity contribution is 6.31. The summed E-state index contributed by atoms with van der Waals surface area (Å²) in [4.78, 5) is 4.30. The van der Waals surface area contributed by atoms with Gasteiger partial charge < -0.3 is 19.9 Å². The van der Waals surface area contributed by atoms with E-state index >= 15 is 0 Å². The normalized spacial score (nSPS) is 12.3. The van der Waals surface area contributed by atoms with Gasteiger partial charge in [-0.2, -0.15) is 10.2 Å². The Balaban J connectivity index is 1.71. The smallest absolute Gasteiger partial charge is 0.162 e. The number of nitrogens with zero attached hydrogens (tertiary/aromatic N) is 5. The predicted octanol–water partition coefficient (Wildman–Crippen LogP) is 3.39. The first kappa shape index (κ1) is 21.1. The number of aromatic nitrogens is 5. The molecular formula is C21H23ClN6O3. The predicted molar refractivity (Wildman–Crippen MR) is 117 cm³/mol. The Morgan fingerprint density at radius 2 is 2.19 bits per heavy atom. The first-order valence-electron chi connectivity index (χ1n) is 9.82. The van der Waals surface area contributed by atoms with Crippen molar-refractivity contribution in [2.45, 2.75) is 19.7 Å². The topological polar surface area (TPSA) is 98.7 Å². The lowest BCUT2D eigenvalue weighted by atomic mass is 10.1. The van der Waals surface area contributed by atoms with Crippen molar-refractivity contribution in [3.8, 4) is 17.0 Å². The lowest BCUT2D eigenvalue weighted by Crippen LogP contribution is -2.10. The van der Waals surface area contributed by atoms with Gasteiger partial charge in [0.15, 0.2) is 11.9 Å². The molecule has 3 heterocycles. The van der Waals surface area contributed by atoms with Gasteiger partial charge in [-0.3, -0.25) is 4.68 Å². The molecule has 1 aromatic carbocycles. The van der Waals surface area contributed by atoms with E-state index < -0.39 is 6.23 Å². The van der Waals surface area contributed by atoms with Gasteiger partial charge in [-0.25, -0.2) is 9.50 Å². The van der Waals surface area contributed by atoms with Gasteiger partial charge in [-0.05, 0) is 31.2 Å². The second-order valence-electron chi connectivity index (χ2n) is 6.73. The Hall–Kier alpha value is -3.14. The number of aliphatic hydroxyl groups is 1. The molecule has 0 saturated carbocycles. The number of fused-ring (bicyclic) bond motifs is 1. The van der Waals surface area contributed by atoms with E-state index in [0.29, 0.717) is 58.7 Å². The van der Waals surface area contributed by atoms with Gasteiger partial charge in [-0.15, -0.1) is 0 Å². The molecular weight excluding hydrogens is 420 g/mol. The average molecular weight is 443 g/mol. The summed E-state index contributed by atoms with van der Waals surface area (Å²) < 4.78 is 14.3. The lowest BCUT2D eigenvalue weighted by Gasteiger charge is -2.14. The molecule has 31 heavy (non-hydrogen) atoms. The lowest BCUT2D eigenvalue weighted by molar-refractivity contribution is 0.136. The molecule has 9 nitrogen and oxygen atoms in total. The van der Waals surface area contributed by atoms with Crippen molar-refractivity contribution >= 4 is 22.9 Å². The fourth-order valence-electron chi connectivity index (χ4n) is 3.27. The van der Waals surface area contributed by atoms with E-state index in [9.17, 15) is 5.11 Å². The number of methoxy groups -OCH3 is 1. The summed E-state index contributed by atoms with van der Waals surface area (Å²) in [5.41, 5.74) is 3.02. The van der Waals surface area contributed by atoms with Crippen LogP contribution in [0.5, 0.6) is 5.75 Å². The van der Waals surface area contributed by atoms with Crippen LogP contribution < -0.4 is 10.1 Å². The number of anilines is 1. The minimum absolute atomic E-state index is 0.518. The quantitative estimate of drug-likeness (QED) is 0.303. The van der Waals surface area contributed by atoms with Crippen molar-refractivity contribution in [1.29, 1.82) is 0 Å². The maximum atomic E-state index is 10.9. The molecule has 0 bridgehead atoms. The molecule has 0 aliphatic carbocycles. The molecule has 1 atom stereocenters. The summed E-state index contributed by atoms with van der Waals surface area (Å²) in [5, 5.41) is 23.5. The zero-order chi connectivity index (χ0) is 21.8. The third-order valence-corrected chi connectivity index (χ3v) is 4.98. The van der Waals surface area contributed by atoms with Crippen LogP contribution in [0.2, 0.25) is 5.02 Å². The highest BCUT2D eigenvalue weighted by Gasteiger charge is 2.21. The summed E-state index contributed by atoms with van der Waals surface area (Å²) in [6.07, 6.45) is 5.77. The summed E-state index contributed by atoms with van der Waals surface area (Å²) >= 11 is 6.24. The third kappa shape index (κ3) is 4.48. The van der Waals surface area contributed by atoms with Crippen LogP contribution in [0.25, 0.3) is 16.9 Å². The summed E-state index contributed by atoms with van der Waals surface area (Å²) in [6.45, 7) is 3.64. The van der Waals surface area contributed by atoms with Gasteiger partial charge in [0.25, 0.3) is 0 Å². The van der Waals surface area contributed by atoms with E-state index in [2.05, 4.69) is 20.5 Å². The van der Waals surface area contributed by atoms with Gasteiger partial charge in [0.1, 0.15) is 11.4 Å². The van der Waals surface area contributed by atoms with E-state index in [1.54, 1.807) is 59.2 Å². The number of hydrogen-bond acceptors (Lipinski definition) is 7. The first-order valence-corrected chi connectivity index (χ1v) is 10.2. The fourth-order valence-corrected chi connectivity index (χ4v) is 3.44. The molecule has 4 rings (SSSR count). The van der Waals surface area contributed by atoms with Crippen molar-refractivity contribution < 1.29 is 14.6 Å². The number of benzene rings is 1. The molecule has 1 unspecified atom stereocenters. The van der Waals surface area contributed by atoms with Gasteiger partial charge in [-0.1, -0.05) is 11.6 Å². The first-order chi connectivity index (χ1) is 15.1. The second-order valence-corrected chi connectivity index (χ2v) is 7.17. The Morgan fingerprint density at radius 1 is 1.32 bits per heavy atom. The number of nitrogens with one attached hydrogen (secondary N) is 1. The van der Waals surface area contributed by atoms with E-state index in [4.69, 9.17) is 21.1 Å². The highest BCUT2D eigenvalue weighted by Crippen LogP contribution is 2.37. The Labute approximate surface area is 184 Å². The van der Waals surface area contributed by atoms with Crippen LogP contribution in [0.3, 0.4) is 0 Å². The molecule has 0 aliphatic heterocycles. The SMILES string of the molecule is CCOCCn1cc(NC(O)c2cnn3cccnc23)c(-c2cc(Cl)ccc2OC)n1. The summed E-state index contributed by atoms with van der Waals surface area (Å²) in [7, 11) is 1.59. The fraction of sp³-hybridized carbons (Fsp3) is 0.286. The van der Waals surface area contributed by atoms with Gasteiger partial charge >= 0.3 is 0 Å². The van der Waals surface area contributed by atoms with Crippen LogP contribution in [-0.4, -0.2) is 49.8 Å². The van der Waals surface area contributed by atoms with Gasteiger partial charge in [0.05, 0.1) is 37.7 Å². The zero-order valence-corrected chi connectivity index (χ0v) is 18.0. The highest BCUT2D eigenvalue weighted by atomic mass is 35.5. The van der Waals surface area contributed by atoms with Crippen molar-refractivity contribution in [2.75, 3.05) is 25.6 Å². The Morgan fingerprint density at radius 3 is 3.00 bits per heavy atom. The van der Waals surface area contributed by atoms with Crippen LogP contribution in [0.15, 0.2) is 49.1 Å². The molecule has 3 aromatic heterocycles. The maximum Gasteiger partial charge on any atom is 0.162 e. The standard InChI is InChI=1S/C21H23ClN6O3/c1-3-31-10-9-27-13-17(19(26-27)15-11-14(22)5-6-18(15)30-2)25-21(29)16-12-24-28-8-4-7-23-20(16)28/h4-8,11-13,21,25,29H,3,9-10H2,1-2H3. The van der Waals surface area contributed by atoms with Gasteiger partial charge in [0.2, 0.25) is 0 Å². The molecule has 0 radical (unpaired) electrons. The molecule has 2 N–H and O–H groups in total. The van der Waals surface area contributed by atoms with E-state index in [0.717, 1.165) is 0 Å².